The van der Waals surface area contributed by atoms with Gasteiger partial charge < -0.3 is 30.3 Å². The molecule has 40 heavy (non-hydrogen) atoms. The van der Waals surface area contributed by atoms with Crippen molar-refractivity contribution in [3.05, 3.63) is 47.5 Å². The van der Waals surface area contributed by atoms with Crippen LogP contribution in [0.5, 0.6) is 11.5 Å². The quantitative estimate of drug-likeness (QED) is 0.209. The Balaban J connectivity index is 2.38. The van der Waals surface area contributed by atoms with Crippen molar-refractivity contribution in [1.29, 1.82) is 0 Å². The van der Waals surface area contributed by atoms with Crippen LogP contribution >= 0.6 is 21.6 Å². The number of carboxylic acid groups (broad SMARTS) is 2. The summed E-state index contributed by atoms with van der Waals surface area (Å²) in [7, 11) is 5.31. The Morgan fingerprint density at radius 2 is 1.05 bits per heavy atom. The summed E-state index contributed by atoms with van der Waals surface area (Å²) in [4.78, 5) is 50.7. The molecule has 12 heteroatoms. The van der Waals surface area contributed by atoms with Crippen LogP contribution in [0.3, 0.4) is 0 Å². The van der Waals surface area contributed by atoms with Gasteiger partial charge in [-0.3, -0.25) is 9.59 Å². The minimum Gasteiger partial charge on any atom is -0.497 e. The van der Waals surface area contributed by atoms with Crippen molar-refractivity contribution in [2.24, 2.45) is 11.8 Å². The molecule has 10 nitrogen and oxygen atoms in total. The fraction of sp³-hybridized carbons (Fsp3) is 0.429. The van der Waals surface area contributed by atoms with Crippen molar-refractivity contribution in [2.45, 2.75) is 62.4 Å². The summed E-state index contributed by atoms with van der Waals surface area (Å²) >= 11 is 0. The van der Waals surface area contributed by atoms with Crippen molar-refractivity contribution in [3.63, 3.8) is 0 Å². The normalized spacial score (nSPS) is 12.5. The molecule has 0 saturated heterocycles. The lowest BCUT2D eigenvalue weighted by Crippen LogP contribution is -2.41. The second-order valence-electron chi connectivity index (χ2n) is 9.88. The number of hydrogen-bond acceptors (Lipinski definition) is 8. The van der Waals surface area contributed by atoms with Gasteiger partial charge in [-0.2, -0.15) is 0 Å². The van der Waals surface area contributed by atoms with E-state index in [1.54, 1.807) is 36.4 Å². The van der Waals surface area contributed by atoms with Crippen molar-refractivity contribution >= 4 is 45.3 Å². The first-order valence-electron chi connectivity index (χ1n) is 12.6. The van der Waals surface area contributed by atoms with Crippen molar-refractivity contribution in [1.82, 2.24) is 10.6 Å². The van der Waals surface area contributed by atoms with Crippen LogP contribution < -0.4 is 20.1 Å². The molecule has 2 atom stereocenters. The van der Waals surface area contributed by atoms with Gasteiger partial charge in [0.2, 0.25) is 0 Å². The summed E-state index contributed by atoms with van der Waals surface area (Å²) in [6.45, 7) is 7.49. The Hall–Kier alpha value is -3.38. The predicted octanol–water partition coefficient (Wildman–Crippen LogP) is 4.96. The molecule has 0 aliphatic rings. The topological polar surface area (TPSA) is 151 Å². The number of ether oxygens (including phenoxy) is 2. The first kappa shape index (κ1) is 32.8. The van der Waals surface area contributed by atoms with Crippen molar-refractivity contribution in [2.75, 3.05) is 14.2 Å². The zero-order valence-corrected chi connectivity index (χ0v) is 25.0. The smallest absolute Gasteiger partial charge is 0.326 e. The number of benzene rings is 2. The maximum atomic E-state index is 13.1. The fourth-order valence-corrected chi connectivity index (χ4v) is 6.10. The van der Waals surface area contributed by atoms with E-state index in [1.165, 1.54) is 35.8 Å². The van der Waals surface area contributed by atoms with Gasteiger partial charge in [0.1, 0.15) is 23.6 Å². The minimum atomic E-state index is -1.12. The lowest BCUT2D eigenvalue weighted by atomic mass is 10.0. The number of carbonyl (C=O) groups is 4. The van der Waals surface area contributed by atoms with Gasteiger partial charge in [0.15, 0.2) is 0 Å². The number of aliphatic carboxylic acids is 2. The Bertz CT molecular complexity index is 1130. The van der Waals surface area contributed by atoms with Crippen molar-refractivity contribution < 1.29 is 38.9 Å². The maximum absolute atomic E-state index is 13.1. The van der Waals surface area contributed by atoms with E-state index >= 15 is 0 Å². The summed E-state index contributed by atoms with van der Waals surface area (Å²) in [5.41, 5.74) is 0.482. The van der Waals surface area contributed by atoms with E-state index in [9.17, 15) is 29.4 Å². The van der Waals surface area contributed by atoms with Gasteiger partial charge in [-0.05, 0) is 61.1 Å². The van der Waals surface area contributed by atoms with Crippen LogP contribution in [0.2, 0.25) is 0 Å². The van der Waals surface area contributed by atoms with E-state index in [4.69, 9.17) is 9.47 Å². The average Bonchev–Trinajstić information content (AvgIpc) is 2.89. The number of amides is 2. The fourth-order valence-electron chi connectivity index (χ4n) is 3.72. The zero-order valence-electron chi connectivity index (χ0n) is 23.3. The summed E-state index contributed by atoms with van der Waals surface area (Å²) in [5, 5.41) is 24.3. The Labute approximate surface area is 242 Å². The Morgan fingerprint density at radius 1 is 0.700 bits per heavy atom. The van der Waals surface area contributed by atoms with Gasteiger partial charge in [0.05, 0.1) is 25.3 Å². The predicted molar refractivity (Wildman–Crippen MR) is 154 cm³/mol. The molecule has 0 aromatic heterocycles. The minimum absolute atomic E-state index is 0.0561. The molecule has 2 amide bonds. The number of carboxylic acids is 2. The van der Waals surface area contributed by atoms with Crippen LogP contribution in [0.15, 0.2) is 46.2 Å². The Kier molecular flexibility index (Phi) is 12.7. The standard InChI is InChI=1S/C28H36N2O8S2/c1-15(2)11-21(27(33)34)29-25(31)19-9-7-17(37-5)13-23(19)39-40-24-14-18(38-6)8-10-20(24)26(32)30-22(28(35)36)12-16(3)4/h7-10,13-16,21-22H,11-12H2,1-6H3,(H,29,31)(H,30,32)(H,33,34)(H,35,36)/t21-,22+. The molecule has 2 aromatic rings. The van der Waals surface area contributed by atoms with Gasteiger partial charge in [-0.1, -0.05) is 49.3 Å². The monoisotopic (exact) mass is 592 g/mol. The third kappa shape index (κ3) is 9.67. The molecule has 0 heterocycles. The van der Waals surface area contributed by atoms with Gasteiger partial charge in [-0.25, -0.2) is 9.59 Å². The van der Waals surface area contributed by atoms with Crippen molar-refractivity contribution in [3.8, 4) is 11.5 Å². The first-order valence-corrected chi connectivity index (χ1v) is 14.8. The lowest BCUT2D eigenvalue weighted by Gasteiger charge is -2.19. The molecule has 0 saturated carbocycles. The zero-order chi connectivity index (χ0) is 30.0. The number of rotatable bonds is 15. The van der Waals surface area contributed by atoms with E-state index in [0.717, 1.165) is 0 Å². The molecule has 2 aromatic carbocycles. The van der Waals surface area contributed by atoms with E-state index in [2.05, 4.69) is 10.6 Å². The largest absolute Gasteiger partial charge is 0.497 e. The van der Waals surface area contributed by atoms with E-state index in [-0.39, 0.29) is 35.8 Å². The molecule has 4 N–H and O–H groups in total. The van der Waals surface area contributed by atoms with E-state index < -0.39 is 35.8 Å². The highest BCUT2D eigenvalue weighted by Gasteiger charge is 2.25. The Morgan fingerprint density at radius 3 is 1.32 bits per heavy atom. The van der Waals surface area contributed by atoms with Gasteiger partial charge in [-0.15, -0.1) is 0 Å². The molecular weight excluding hydrogens is 556 g/mol. The van der Waals surface area contributed by atoms with Gasteiger partial charge in [0, 0.05) is 9.79 Å². The molecule has 0 unspecified atom stereocenters. The first-order chi connectivity index (χ1) is 18.9. The van der Waals surface area contributed by atoms with Gasteiger partial charge in [0.25, 0.3) is 11.8 Å². The van der Waals surface area contributed by atoms with Crippen LogP contribution in [-0.2, 0) is 9.59 Å². The highest BCUT2D eigenvalue weighted by Crippen LogP contribution is 2.43. The molecule has 2 rings (SSSR count). The second-order valence-corrected chi connectivity index (χ2v) is 12.1. The highest BCUT2D eigenvalue weighted by atomic mass is 33.1. The summed E-state index contributed by atoms with van der Waals surface area (Å²) < 4.78 is 10.6. The molecule has 0 radical (unpaired) electrons. The number of carbonyl (C=O) groups excluding carboxylic acids is 2. The molecule has 0 bridgehead atoms. The van der Waals surface area contributed by atoms with Crippen LogP contribution in [0.25, 0.3) is 0 Å². The SMILES string of the molecule is COc1ccc(C(=O)N[C@@H](CC(C)C)C(=O)O)c(SSc2cc(OC)ccc2C(=O)N[C@H](CC(C)C)C(=O)O)c1. The average molecular weight is 593 g/mol. The van der Waals surface area contributed by atoms with Crippen LogP contribution in [0.1, 0.15) is 61.3 Å². The maximum Gasteiger partial charge on any atom is 0.326 e. The highest BCUT2D eigenvalue weighted by molar-refractivity contribution is 8.76. The third-order valence-electron chi connectivity index (χ3n) is 5.71. The molecule has 0 spiro atoms. The lowest BCUT2D eigenvalue weighted by molar-refractivity contribution is -0.140. The molecule has 0 aliphatic carbocycles. The van der Waals surface area contributed by atoms with E-state index in [0.29, 0.717) is 21.3 Å². The van der Waals surface area contributed by atoms with Crippen LogP contribution in [0.4, 0.5) is 0 Å². The van der Waals surface area contributed by atoms with Crippen LogP contribution in [0, 0.1) is 11.8 Å². The van der Waals surface area contributed by atoms with E-state index in [1.807, 2.05) is 27.7 Å². The molecule has 0 fully saturated rings. The summed E-state index contributed by atoms with van der Waals surface area (Å²) in [6.07, 6.45) is 0.537. The third-order valence-corrected chi connectivity index (χ3v) is 8.15. The number of nitrogens with one attached hydrogen (secondary N) is 2. The summed E-state index contributed by atoms with van der Waals surface area (Å²) in [5.74, 6) is -2.27. The molecule has 218 valence electrons. The second kappa shape index (κ2) is 15.4. The van der Waals surface area contributed by atoms with Gasteiger partial charge >= 0.3 is 11.9 Å². The molecule has 0 aliphatic heterocycles. The number of hydrogen-bond donors (Lipinski definition) is 4. The van der Waals surface area contributed by atoms with Crippen LogP contribution in [-0.4, -0.2) is 60.3 Å². The number of methoxy groups -OCH3 is 2. The molecular formula is C28H36N2O8S2. The summed E-state index contributed by atoms with van der Waals surface area (Å²) in [6, 6.07) is 7.49.